The van der Waals surface area contributed by atoms with Gasteiger partial charge in [-0.15, -0.1) is 11.6 Å². The van der Waals surface area contributed by atoms with Crippen LogP contribution in [0.15, 0.2) is 12.1 Å². The van der Waals surface area contributed by atoms with Gasteiger partial charge in [0.2, 0.25) is 12.5 Å². The van der Waals surface area contributed by atoms with Crippen molar-refractivity contribution >= 4 is 21.4 Å². The van der Waals surface area contributed by atoms with Gasteiger partial charge in [-0.3, -0.25) is 0 Å². The summed E-state index contributed by atoms with van der Waals surface area (Å²) in [5.41, 5.74) is 0.801. The molecule has 1 aromatic carbocycles. The predicted molar refractivity (Wildman–Crippen MR) is 74.5 cm³/mol. The van der Waals surface area contributed by atoms with Crippen LogP contribution in [0, 0.1) is 5.92 Å². The highest BCUT2D eigenvalue weighted by molar-refractivity contribution is 7.91. The quantitative estimate of drug-likeness (QED) is 0.799. The van der Waals surface area contributed by atoms with E-state index in [1.807, 2.05) is 0 Å². The summed E-state index contributed by atoms with van der Waals surface area (Å²) >= 11 is 6.45. The fourth-order valence-corrected chi connectivity index (χ4v) is 4.92. The Labute approximate surface area is 122 Å². The second-order valence-electron chi connectivity index (χ2n) is 5.02. The van der Waals surface area contributed by atoms with Gasteiger partial charge in [-0.2, -0.15) is 0 Å². The normalized spacial score (nSPS) is 24.6. The number of sulfone groups is 1. The maximum Gasteiger partial charge on any atom is 0.231 e. The van der Waals surface area contributed by atoms with E-state index in [9.17, 15) is 8.42 Å². The van der Waals surface area contributed by atoms with Gasteiger partial charge in [0.05, 0.1) is 24.0 Å². The van der Waals surface area contributed by atoms with Gasteiger partial charge < -0.3 is 14.2 Å². The fourth-order valence-electron chi connectivity index (χ4n) is 2.64. The van der Waals surface area contributed by atoms with E-state index in [0.29, 0.717) is 23.7 Å². The third-order valence-electron chi connectivity index (χ3n) is 3.68. The van der Waals surface area contributed by atoms with E-state index in [-0.39, 0.29) is 29.6 Å². The zero-order valence-electron chi connectivity index (χ0n) is 11.0. The molecule has 110 valence electrons. The average molecular weight is 319 g/mol. The minimum atomic E-state index is -2.95. The standard InChI is InChI=1S/C13H15ClO5S/c1-17-10-4-9(5-11-13(10)19-7-18-11)12(14)8-2-3-20(15,16)6-8/h4-5,8,12H,2-3,6-7H2,1H3. The predicted octanol–water partition coefficient (Wildman–Crippen LogP) is 2.14. The number of alkyl halides is 1. The monoisotopic (exact) mass is 318 g/mol. The molecule has 1 saturated heterocycles. The van der Waals surface area contributed by atoms with Crippen molar-refractivity contribution in [1.29, 1.82) is 0 Å². The Morgan fingerprint density at radius 2 is 2.20 bits per heavy atom. The molecule has 2 aliphatic heterocycles. The van der Waals surface area contributed by atoms with Gasteiger partial charge in [0, 0.05) is 0 Å². The summed E-state index contributed by atoms with van der Waals surface area (Å²) in [4.78, 5) is 0. The molecule has 5 nitrogen and oxygen atoms in total. The van der Waals surface area contributed by atoms with Crippen molar-refractivity contribution in [3.8, 4) is 17.2 Å². The highest BCUT2D eigenvalue weighted by Crippen LogP contribution is 2.46. The maximum absolute atomic E-state index is 11.6. The van der Waals surface area contributed by atoms with Crippen molar-refractivity contribution in [1.82, 2.24) is 0 Å². The lowest BCUT2D eigenvalue weighted by molar-refractivity contribution is 0.171. The van der Waals surface area contributed by atoms with E-state index in [4.69, 9.17) is 25.8 Å². The number of benzene rings is 1. The second kappa shape index (κ2) is 5.00. The van der Waals surface area contributed by atoms with Crippen LogP contribution < -0.4 is 14.2 Å². The lowest BCUT2D eigenvalue weighted by atomic mass is 9.97. The number of fused-ring (bicyclic) bond motifs is 1. The summed E-state index contributed by atoms with van der Waals surface area (Å²) in [6.45, 7) is 0.153. The molecule has 2 atom stereocenters. The van der Waals surface area contributed by atoms with E-state index in [0.717, 1.165) is 5.56 Å². The summed E-state index contributed by atoms with van der Waals surface area (Å²) in [7, 11) is -1.40. The Morgan fingerprint density at radius 3 is 2.85 bits per heavy atom. The molecular formula is C13H15ClO5S. The summed E-state index contributed by atoms with van der Waals surface area (Å²) in [5, 5.41) is -0.379. The average Bonchev–Trinajstić information content (AvgIpc) is 3.02. The van der Waals surface area contributed by atoms with Crippen molar-refractivity contribution < 1.29 is 22.6 Å². The van der Waals surface area contributed by atoms with Gasteiger partial charge in [-0.05, 0) is 30.0 Å². The molecule has 1 fully saturated rings. The summed E-state index contributed by atoms with van der Waals surface area (Å²) in [6, 6.07) is 3.59. The number of halogens is 1. The third-order valence-corrected chi connectivity index (χ3v) is 6.08. The molecule has 0 bridgehead atoms. The lowest BCUT2D eigenvalue weighted by Gasteiger charge is -2.17. The van der Waals surface area contributed by atoms with Crippen LogP contribution in [0.2, 0.25) is 0 Å². The molecule has 0 amide bonds. The first-order valence-corrected chi connectivity index (χ1v) is 8.58. The molecule has 7 heteroatoms. The molecule has 0 aromatic heterocycles. The number of rotatable bonds is 3. The fraction of sp³-hybridized carbons (Fsp3) is 0.538. The maximum atomic E-state index is 11.6. The molecule has 1 aromatic rings. The van der Waals surface area contributed by atoms with Crippen LogP contribution in [-0.2, 0) is 9.84 Å². The molecule has 3 rings (SSSR count). The number of hydrogen-bond acceptors (Lipinski definition) is 5. The Kier molecular flexibility index (Phi) is 3.46. The Balaban J connectivity index is 1.91. The van der Waals surface area contributed by atoms with Crippen LogP contribution >= 0.6 is 11.6 Å². The van der Waals surface area contributed by atoms with Crippen molar-refractivity contribution in [3.05, 3.63) is 17.7 Å². The molecule has 2 unspecified atom stereocenters. The van der Waals surface area contributed by atoms with Crippen LogP contribution in [0.1, 0.15) is 17.4 Å². The van der Waals surface area contributed by atoms with E-state index in [1.165, 1.54) is 0 Å². The minimum absolute atomic E-state index is 0.0771. The second-order valence-corrected chi connectivity index (χ2v) is 7.72. The van der Waals surface area contributed by atoms with Crippen LogP contribution in [0.4, 0.5) is 0 Å². The number of ether oxygens (including phenoxy) is 3. The zero-order chi connectivity index (χ0) is 14.3. The van der Waals surface area contributed by atoms with E-state index < -0.39 is 9.84 Å². The van der Waals surface area contributed by atoms with Crippen LogP contribution in [0.3, 0.4) is 0 Å². The van der Waals surface area contributed by atoms with Crippen molar-refractivity contribution in [2.24, 2.45) is 5.92 Å². The molecule has 0 radical (unpaired) electrons. The first kappa shape index (κ1) is 13.8. The highest BCUT2D eigenvalue weighted by atomic mass is 35.5. The topological polar surface area (TPSA) is 61.8 Å². The molecule has 0 saturated carbocycles. The van der Waals surface area contributed by atoms with E-state index in [1.54, 1.807) is 19.2 Å². The first-order chi connectivity index (χ1) is 9.50. The van der Waals surface area contributed by atoms with E-state index in [2.05, 4.69) is 0 Å². The molecule has 20 heavy (non-hydrogen) atoms. The SMILES string of the molecule is COc1cc(C(Cl)C2CCS(=O)(=O)C2)cc2c1OCO2. The van der Waals surface area contributed by atoms with Gasteiger partial charge >= 0.3 is 0 Å². The summed E-state index contributed by atoms with van der Waals surface area (Å²) < 4.78 is 39.1. The molecule has 0 spiro atoms. The van der Waals surface area contributed by atoms with Gasteiger partial charge in [-0.25, -0.2) is 8.42 Å². The first-order valence-electron chi connectivity index (χ1n) is 6.32. The van der Waals surface area contributed by atoms with Crippen molar-refractivity contribution in [2.75, 3.05) is 25.4 Å². The Morgan fingerprint density at radius 1 is 1.40 bits per heavy atom. The Bertz CT molecular complexity index is 628. The highest BCUT2D eigenvalue weighted by Gasteiger charge is 2.34. The summed E-state index contributed by atoms with van der Waals surface area (Å²) in [6.07, 6.45) is 0.591. The van der Waals surface area contributed by atoms with Crippen LogP contribution in [0.5, 0.6) is 17.2 Å². The molecule has 2 heterocycles. The van der Waals surface area contributed by atoms with E-state index >= 15 is 0 Å². The molecular weight excluding hydrogens is 304 g/mol. The van der Waals surface area contributed by atoms with Gasteiger partial charge in [0.1, 0.15) is 0 Å². The smallest absolute Gasteiger partial charge is 0.231 e. The van der Waals surface area contributed by atoms with Crippen LogP contribution in [0.25, 0.3) is 0 Å². The zero-order valence-corrected chi connectivity index (χ0v) is 12.5. The Hall–Kier alpha value is -1.14. The van der Waals surface area contributed by atoms with Crippen molar-refractivity contribution in [3.63, 3.8) is 0 Å². The van der Waals surface area contributed by atoms with Gasteiger partial charge in [0.25, 0.3) is 0 Å². The van der Waals surface area contributed by atoms with Gasteiger partial charge in [-0.1, -0.05) is 0 Å². The van der Waals surface area contributed by atoms with Crippen molar-refractivity contribution in [2.45, 2.75) is 11.8 Å². The molecule has 2 aliphatic rings. The number of hydrogen-bond donors (Lipinski definition) is 0. The summed E-state index contributed by atoms with van der Waals surface area (Å²) in [5.74, 6) is 1.98. The third kappa shape index (κ3) is 2.42. The lowest BCUT2D eigenvalue weighted by Crippen LogP contribution is -2.10. The number of methoxy groups -OCH3 is 1. The van der Waals surface area contributed by atoms with Crippen LogP contribution in [-0.4, -0.2) is 33.8 Å². The van der Waals surface area contributed by atoms with Gasteiger partial charge in [0.15, 0.2) is 21.3 Å². The minimum Gasteiger partial charge on any atom is -0.493 e. The molecule has 0 aliphatic carbocycles. The largest absolute Gasteiger partial charge is 0.493 e. The molecule has 0 N–H and O–H groups in total.